The largest absolute Gasteiger partial charge is 0.399 e. The van der Waals surface area contributed by atoms with Gasteiger partial charge in [0.15, 0.2) is 0 Å². The minimum Gasteiger partial charge on any atom is -0.399 e. The fraction of sp³-hybridized carbons (Fsp3) is 0.467. The van der Waals surface area contributed by atoms with E-state index in [-0.39, 0.29) is 0 Å². The van der Waals surface area contributed by atoms with Gasteiger partial charge in [-0.2, -0.15) is 4.98 Å². The average molecular weight is 275 g/mol. The van der Waals surface area contributed by atoms with Crippen LogP contribution in [0.3, 0.4) is 0 Å². The lowest BCUT2D eigenvalue weighted by molar-refractivity contribution is -0.0106. The minimum absolute atomic E-state index is 0.493. The average Bonchev–Trinajstić information content (AvgIpc) is 2.95. The molecule has 0 saturated carbocycles. The molecule has 2 N–H and O–H groups in total. The summed E-state index contributed by atoms with van der Waals surface area (Å²) in [6.07, 6.45) is 2.24. The number of ether oxygens (including phenoxy) is 1. The number of hydrogen-bond acceptors (Lipinski definition) is 5. The normalized spacial score (nSPS) is 14.2. The summed E-state index contributed by atoms with van der Waals surface area (Å²) in [4.78, 5) is 4.43. The summed E-state index contributed by atoms with van der Waals surface area (Å²) in [6.45, 7) is 3.99. The standard InChI is InChI=1S/C15H21N3O2/c1-4-15(2,19-3)14-17-13(20-18-14)10-9-11-7-5-6-8-12(11)16/h5-8H,4,9-10,16H2,1-3H3. The van der Waals surface area contributed by atoms with Crippen LogP contribution >= 0.6 is 0 Å². The molecule has 0 bridgehead atoms. The molecular formula is C15H21N3O2. The highest BCUT2D eigenvalue weighted by Gasteiger charge is 2.29. The van der Waals surface area contributed by atoms with E-state index in [4.69, 9.17) is 15.0 Å². The number of hydrogen-bond donors (Lipinski definition) is 1. The molecule has 0 aliphatic heterocycles. The Labute approximate surface area is 119 Å². The molecule has 1 aromatic heterocycles. The number of benzene rings is 1. The zero-order valence-electron chi connectivity index (χ0n) is 12.2. The zero-order chi connectivity index (χ0) is 14.6. The topological polar surface area (TPSA) is 74.2 Å². The number of rotatable bonds is 6. The van der Waals surface area contributed by atoms with E-state index in [1.807, 2.05) is 38.1 Å². The fourth-order valence-electron chi connectivity index (χ4n) is 1.97. The highest BCUT2D eigenvalue weighted by atomic mass is 16.5. The van der Waals surface area contributed by atoms with Crippen molar-refractivity contribution in [3.8, 4) is 0 Å². The van der Waals surface area contributed by atoms with Crippen molar-refractivity contribution < 1.29 is 9.26 Å². The van der Waals surface area contributed by atoms with Crippen molar-refractivity contribution in [3.05, 3.63) is 41.5 Å². The van der Waals surface area contributed by atoms with Crippen LogP contribution in [0.5, 0.6) is 0 Å². The molecule has 5 nitrogen and oxygen atoms in total. The molecule has 1 atom stereocenters. The zero-order valence-corrected chi connectivity index (χ0v) is 12.2. The van der Waals surface area contributed by atoms with Crippen LogP contribution in [-0.2, 0) is 23.2 Å². The van der Waals surface area contributed by atoms with Gasteiger partial charge in [0.2, 0.25) is 11.7 Å². The van der Waals surface area contributed by atoms with Crippen molar-refractivity contribution in [1.82, 2.24) is 10.1 Å². The summed E-state index contributed by atoms with van der Waals surface area (Å²) in [5, 5.41) is 4.02. The van der Waals surface area contributed by atoms with Gasteiger partial charge >= 0.3 is 0 Å². The first-order valence-corrected chi connectivity index (χ1v) is 6.80. The van der Waals surface area contributed by atoms with Gasteiger partial charge in [0.05, 0.1) is 0 Å². The Balaban J connectivity index is 2.05. The summed E-state index contributed by atoms with van der Waals surface area (Å²) in [5.41, 5.74) is 7.31. The van der Waals surface area contributed by atoms with Crippen LogP contribution in [0.15, 0.2) is 28.8 Å². The Morgan fingerprint density at radius 3 is 2.70 bits per heavy atom. The number of nitrogens with two attached hydrogens (primary N) is 1. The lowest BCUT2D eigenvalue weighted by Crippen LogP contribution is -2.24. The smallest absolute Gasteiger partial charge is 0.227 e. The van der Waals surface area contributed by atoms with Crippen molar-refractivity contribution in [3.63, 3.8) is 0 Å². The predicted octanol–water partition coefficient (Wildman–Crippen LogP) is 2.71. The fourth-order valence-corrected chi connectivity index (χ4v) is 1.97. The molecule has 108 valence electrons. The van der Waals surface area contributed by atoms with E-state index in [0.717, 1.165) is 24.1 Å². The molecule has 0 spiro atoms. The van der Waals surface area contributed by atoms with Gasteiger partial charge in [-0.25, -0.2) is 0 Å². The lowest BCUT2D eigenvalue weighted by Gasteiger charge is -2.21. The third-order valence-electron chi connectivity index (χ3n) is 3.73. The molecule has 20 heavy (non-hydrogen) atoms. The SMILES string of the molecule is CCC(C)(OC)c1noc(CCc2ccccc2N)n1. The maximum Gasteiger partial charge on any atom is 0.227 e. The molecule has 0 aliphatic carbocycles. The van der Waals surface area contributed by atoms with Crippen molar-refractivity contribution in [2.75, 3.05) is 12.8 Å². The number of aromatic nitrogens is 2. The summed E-state index contributed by atoms with van der Waals surface area (Å²) < 4.78 is 10.8. The molecule has 5 heteroatoms. The number of para-hydroxylation sites is 1. The summed E-state index contributed by atoms with van der Waals surface area (Å²) in [7, 11) is 1.66. The van der Waals surface area contributed by atoms with E-state index in [0.29, 0.717) is 18.1 Å². The molecule has 1 aromatic carbocycles. The van der Waals surface area contributed by atoms with Crippen LogP contribution in [0.4, 0.5) is 5.69 Å². The quantitative estimate of drug-likeness (QED) is 0.820. The highest BCUT2D eigenvalue weighted by molar-refractivity contribution is 5.46. The van der Waals surface area contributed by atoms with Gasteiger partial charge in [-0.3, -0.25) is 0 Å². The number of anilines is 1. The maximum atomic E-state index is 5.92. The second-order valence-corrected chi connectivity index (χ2v) is 5.00. The molecule has 1 heterocycles. The molecule has 0 fully saturated rings. The second kappa shape index (κ2) is 6.05. The Kier molecular flexibility index (Phi) is 4.39. The molecule has 0 radical (unpaired) electrons. The van der Waals surface area contributed by atoms with Gasteiger partial charge < -0.3 is 15.0 Å². The van der Waals surface area contributed by atoms with Crippen molar-refractivity contribution in [2.45, 2.75) is 38.7 Å². The van der Waals surface area contributed by atoms with Crippen LogP contribution in [0.1, 0.15) is 37.5 Å². The molecule has 0 aliphatic rings. The molecule has 1 unspecified atom stereocenters. The number of nitrogens with zero attached hydrogens (tertiary/aromatic N) is 2. The van der Waals surface area contributed by atoms with Crippen LogP contribution in [-0.4, -0.2) is 17.3 Å². The van der Waals surface area contributed by atoms with Gasteiger partial charge in [0.25, 0.3) is 0 Å². The van der Waals surface area contributed by atoms with Crippen molar-refractivity contribution in [1.29, 1.82) is 0 Å². The Morgan fingerprint density at radius 1 is 1.30 bits per heavy atom. The van der Waals surface area contributed by atoms with Gasteiger partial charge in [0, 0.05) is 19.2 Å². The van der Waals surface area contributed by atoms with Gasteiger partial charge in [0.1, 0.15) is 5.60 Å². The van der Waals surface area contributed by atoms with Crippen LogP contribution < -0.4 is 5.73 Å². The first kappa shape index (κ1) is 14.5. The summed E-state index contributed by atoms with van der Waals surface area (Å²) in [6, 6.07) is 7.81. The Morgan fingerprint density at radius 2 is 2.05 bits per heavy atom. The monoisotopic (exact) mass is 275 g/mol. The maximum absolute atomic E-state index is 5.92. The van der Waals surface area contributed by atoms with Crippen molar-refractivity contribution >= 4 is 5.69 Å². The third kappa shape index (κ3) is 2.99. The first-order chi connectivity index (χ1) is 9.59. The van der Waals surface area contributed by atoms with Gasteiger partial charge in [-0.05, 0) is 31.4 Å². The Bertz CT molecular complexity index is 562. The van der Waals surface area contributed by atoms with E-state index in [1.165, 1.54) is 0 Å². The summed E-state index contributed by atoms with van der Waals surface area (Å²) in [5.74, 6) is 1.21. The van der Waals surface area contributed by atoms with E-state index in [2.05, 4.69) is 10.1 Å². The van der Waals surface area contributed by atoms with E-state index in [1.54, 1.807) is 7.11 Å². The van der Waals surface area contributed by atoms with Gasteiger partial charge in [-0.1, -0.05) is 30.3 Å². The van der Waals surface area contributed by atoms with Crippen LogP contribution in [0.25, 0.3) is 0 Å². The number of methoxy groups -OCH3 is 1. The Hall–Kier alpha value is -1.88. The predicted molar refractivity (Wildman–Crippen MR) is 77.2 cm³/mol. The van der Waals surface area contributed by atoms with Crippen LogP contribution in [0.2, 0.25) is 0 Å². The summed E-state index contributed by atoms with van der Waals surface area (Å²) >= 11 is 0. The van der Waals surface area contributed by atoms with Crippen molar-refractivity contribution in [2.24, 2.45) is 0 Å². The van der Waals surface area contributed by atoms with Gasteiger partial charge in [-0.15, -0.1) is 0 Å². The first-order valence-electron chi connectivity index (χ1n) is 6.80. The molecule has 2 rings (SSSR count). The number of aryl methyl sites for hydroxylation is 2. The molecule has 2 aromatic rings. The number of nitrogen functional groups attached to an aromatic ring is 1. The van der Waals surface area contributed by atoms with E-state index in [9.17, 15) is 0 Å². The third-order valence-corrected chi connectivity index (χ3v) is 3.73. The lowest BCUT2D eigenvalue weighted by atomic mass is 10.0. The molecule has 0 saturated heterocycles. The van der Waals surface area contributed by atoms with Crippen LogP contribution in [0, 0.1) is 0 Å². The molecule has 0 amide bonds. The van der Waals surface area contributed by atoms with E-state index < -0.39 is 5.60 Å². The van der Waals surface area contributed by atoms with E-state index >= 15 is 0 Å². The minimum atomic E-state index is -0.493. The highest BCUT2D eigenvalue weighted by Crippen LogP contribution is 2.25. The second-order valence-electron chi connectivity index (χ2n) is 5.00. The molecular weight excluding hydrogens is 254 g/mol.